The van der Waals surface area contributed by atoms with Crippen LogP contribution in [0.3, 0.4) is 0 Å². The Balaban J connectivity index is 1.55. The molecule has 0 aliphatic rings. The van der Waals surface area contributed by atoms with Crippen molar-refractivity contribution in [1.82, 2.24) is 10.2 Å². The summed E-state index contributed by atoms with van der Waals surface area (Å²) >= 11 is 1.06. The largest absolute Gasteiger partial charge is 0.493 e. The predicted molar refractivity (Wildman–Crippen MR) is 128 cm³/mol. The molecule has 0 saturated carbocycles. The Bertz CT molecular complexity index is 1070. The Morgan fingerprint density at radius 1 is 1.00 bits per heavy atom. The molecular weight excluding hydrogens is 463 g/mol. The zero-order valence-electron chi connectivity index (χ0n) is 19.4. The molecule has 2 aromatic carbocycles. The molecule has 3 rings (SSSR count). The highest BCUT2D eigenvalue weighted by Crippen LogP contribution is 2.39. The zero-order chi connectivity index (χ0) is 24.8. The first-order valence-corrected chi connectivity index (χ1v) is 12.1. The quantitative estimate of drug-likeness (QED) is 0.326. The molecule has 34 heavy (non-hydrogen) atoms. The van der Waals surface area contributed by atoms with Crippen LogP contribution in [0.1, 0.15) is 54.3 Å². The lowest BCUT2D eigenvalue weighted by Crippen LogP contribution is -2.36. The molecule has 0 saturated heterocycles. The van der Waals surface area contributed by atoms with Crippen LogP contribution in [0, 0.1) is 6.92 Å². The molecule has 0 amide bonds. The van der Waals surface area contributed by atoms with E-state index in [1.807, 2.05) is 0 Å². The number of aromatic nitrogens is 2. The smallest absolute Gasteiger partial charge is 0.419 e. The normalized spacial score (nSPS) is 13.6. The Labute approximate surface area is 201 Å². The highest BCUT2D eigenvalue weighted by Gasteiger charge is 2.35. The SMILES string of the molecule is Cc1ccc(CCCCCCOc2ccc(-c3nnc([C@@](C)(N)CO)s3)cc2C(F)(F)F)cc1. The predicted octanol–water partition coefficient (Wildman–Crippen LogP) is 5.88. The molecule has 0 bridgehead atoms. The topological polar surface area (TPSA) is 81.3 Å². The molecule has 1 atom stereocenters. The standard InChI is InChI=1S/C25H30F3N3O2S/c1-17-8-10-18(11-9-17)7-5-3-4-6-14-33-21-13-12-19(15-20(21)25(26,27)28)22-30-31-23(34-22)24(2,29)16-32/h8-13,15,32H,3-7,14,16,29H2,1-2H3/t24-/m0/s1. The highest BCUT2D eigenvalue weighted by molar-refractivity contribution is 7.14. The lowest BCUT2D eigenvalue weighted by Gasteiger charge is -2.17. The molecule has 3 N–H and O–H groups in total. The van der Waals surface area contributed by atoms with Crippen LogP contribution in [0.5, 0.6) is 5.75 Å². The van der Waals surface area contributed by atoms with Gasteiger partial charge in [-0.15, -0.1) is 10.2 Å². The second-order valence-corrected chi connectivity index (χ2v) is 9.67. The fraction of sp³-hybridized carbons (Fsp3) is 0.440. The van der Waals surface area contributed by atoms with Gasteiger partial charge in [-0.05, 0) is 56.9 Å². The third-order valence-electron chi connectivity index (χ3n) is 5.51. The fourth-order valence-electron chi connectivity index (χ4n) is 3.37. The Hall–Kier alpha value is -2.49. The minimum atomic E-state index is -4.57. The summed E-state index contributed by atoms with van der Waals surface area (Å²) in [6, 6.07) is 12.3. The molecule has 0 aliphatic carbocycles. The van der Waals surface area contributed by atoms with Gasteiger partial charge in [0.05, 0.1) is 24.3 Å². The van der Waals surface area contributed by atoms with Gasteiger partial charge in [0.1, 0.15) is 15.8 Å². The lowest BCUT2D eigenvalue weighted by atomic mass is 10.1. The van der Waals surface area contributed by atoms with Crippen LogP contribution in [0.15, 0.2) is 42.5 Å². The van der Waals surface area contributed by atoms with Gasteiger partial charge in [0.25, 0.3) is 0 Å². The van der Waals surface area contributed by atoms with Crippen molar-refractivity contribution < 1.29 is 23.0 Å². The van der Waals surface area contributed by atoms with Crippen LogP contribution in [-0.2, 0) is 18.1 Å². The number of rotatable bonds is 11. The van der Waals surface area contributed by atoms with Gasteiger partial charge in [0.15, 0.2) is 0 Å². The summed E-state index contributed by atoms with van der Waals surface area (Å²) in [4.78, 5) is 0. The van der Waals surface area contributed by atoms with Crippen LogP contribution in [-0.4, -0.2) is 28.5 Å². The van der Waals surface area contributed by atoms with Crippen LogP contribution < -0.4 is 10.5 Å². The van der Waals surface area contributed by atoms with Crippen molar-refractivity contribution in [2.24, 2.45) is 5.73 Å². The number of aliphatic hydroxyl groups is 1. The maximum atomic E-state index is 13.7. The van der Waals surface area contributed by atoms with Crippen LogP contribution >= 0.6 is 11.3 Å². The number of hydrogen-bond donors (Lipinski definition) is 2. The number of nitrogens with zero attached hydrogens (tertiary/aromatic N) is 2. The summed E-state index contributed by atoms with van der Waals surface area (Å²) in [5.74, 6) is -0.195. The van der Waals surface area contributed by atoms with Gasteiger partial charge in [-0.25, -0.2) is 0 Å². The first-order chi connectivity index (χ1) is 16.1. The van der Waals surface area contributed by atoms with Gasteiger partial charge in [0, 0.05) is 5.56 Å². The summed E-state index contributed by atoms with van der Waals surface area (Å²) in [6.07, 6.45) is 0.0315. The average Bonchev–Trinajstić information content (AvgIpc) is 3.30. The summed E-state index contributed by atoms with van der Waals surface area (Å²) in [5, 5.41) is 17.9. The van der Waals surface area contributed by atoms with E-state index in [9.17, 15) is 18.3 Å². The van der Waals surface area contributed by atoms with E-state index in [1.165, 1.54) is 23.3 Å². The molecule has 0 spiro atoms. The Kier molecular flexibility index (Phi) is 8.67. The zero-order valence-corrected chi connectivity index (χ0v) is 20.2. The number of benzene rings is 2. The first-order valence-electron chi connectivity index (χ1n) is 11.2. The number of alkyl halides is 3. The molecule has 0 aliphatic heterocycles. The van der Waals surface area contributed by atoms with Gasteiger partial charge in [-0.2, -0.15) is 13.2 Å². The van der Waals surface area contributed by atoms with Crippen molar-refractivity contribution in [3.05, 3.63) is 64.2 Å². The molecule has 1 heterocycles. The van der Waals surface area contributed by atoms with Gasteiger partial charge >= 0.3 is 6.18 Å². The third kappa shape index (κ3) is 7.01. The van der Waals surface area contributed by atoms with Crippen molar-refractivity contribution in [3.8, 4) is 16.3 Å². The van der Waals surface area contributed by atoms with Crippen LogP contribution in [0.25, 0.3) is 10.6 Å². The number of unbranched alkanes of at least 4 members (excludes halogenated alkanes) is 3. The molecule has 0 unspecified atom stereocenters. The molecule has 9 heteroatoms. The van der Waals surface area contributed by atoms with Crippen LogP contribution in [0.2, 0.25) is 0 Å². The van der Waals surface area contributed by atoms with E-state index in [0.29, 0.717) is 16.4 Å². The van der Waals surface area contributed by atoms with E-state index in [2.05, 4.69) is 41.4 Å². The number of hydrogen-bond acceptors (Lipinski definition) is 6. The minimum absolute atomic E-state index is 0.195. The molecular formula is C25H30F3N3O2S. The summed E-state index contributed by atoms with van der Waals surface area (Å²) in [6.45, 7) is 3.51. The highest BCUT2D eigenvalue weighted by atomic mass is 32.1. The van der Waals surface area contributed by atoms with Gasteiger partial charge in [-0.1, -0.05) is 54.0 Å². The summed E-state index contributed by atoms with van der Waals surface area (Å²) in [7, 11) is 0. The number of aliphatic hydroxyl groups excluding tert-OH is 1. The van der Waals surface area contributed by atoms with Gasteiger partial charge in [-0.3, -0.25) is 0 Å². The van der Waals surface area contributed by atoms with Crippen molar-refractivity contribution >= 4 is 11.3 Å². The molecule has 1 aromatic heterocycles. The maximum Gasteiger partial charge on any atom is 0.419 e. The van der Waals surface area contributed by atoms with Crippen molar-refractivity contribution in [1.29, 1.82) is 0 Å². The van der Waals surface area contributed by atoms with E-state index in [4.69, 9.17) is 10.5 Å². The fourth-order valence-corrected chi connectivity index (χ4v) is 4.26. The molecule has 5 nitrogen and oxygen atoms in total. The minimum Gasteiger partial charge on any atom is -0.493 e. The van der Waals surface area contributed by atoms with E-state index >= 15 is 0 Å². The van der Waals surface area contributed by atoms with Gasteiger partial charge in [0.2, 0.25) is 0 Å². The number of aryl methyl sites for hydroxylation is 2. The molecule has 0 radical (unpaired) electrons. The van der Waals surface area contributed by atoms with E-state index in [-0.39, 0.29) is 24.5 Å². The molecule has 3 aromatic rings. The second-order valence-electron chi connectivity index (χ2n) is 8.69. The number of nitrogens with two attached hydrogens (primary N) is 1. The monoisotopic (exact) mass is 493 g/mol. The van der Waals surface area contributed by atoms with E-state index in [1.54, 1.807) is 6.92 Å². The van der Waals surface area contributed by atoms with Crippen molar-refractivity contribution in [2.75, 3.05) is 13.2 Å². The van der Waals surface area contributed by atoms with Crippen molar-refractivity contribution in [3.63, 3.8) is 0 Å². The average molecular weight is 494 g/mol. The van der Waals surface area contributed by atoms with E-state index < -0.39 is 17.3 Å². The molecule has 0 fully saturated rings. The molecule has 184 valence electrons. The Morgan fingerprint density at radius 3 is 2.38 bits per heavy atom. The third-order valence-corrected chi connectivity index (χ3v) is 6.76. The summed E-state index contributed by atoms with van der Waals surface area (Å²) < 4.78 is 46.6. The Morgan fingerprint density at radius 2 is 1.71 bits per heavy atom. The number of ether oxygens (including phenoxy) is 1. The van der Waals surface area contributed by atoms with Crippen molar-refractivity contribution in [2.45, 2.75) is 57.7 Å². The maximum absolute atomic E-state index is 13.7. The first kappa shape index (κ1) is 26.1. The van der Waals surface area contributed by atoms with E-state index in [0.717, 1.165) is 43.1 Å². The second kappa shape index (κ2) is 11.3. The summed E-state index contributed by atoms with van der Waals surface area (Å²) in [5.41, 5.74) is 6.80. The number of halogens is 3. The van der Waals surface area contributed by atoms with Gasteiger partial charge < -0.3 is 15.6 Å². The van der Waals surface area contributed by atoms with Crippen LogP contribution in [0.4, 0.5) is 13.2 Å². The lowest BCUT2D eigenvalue weighted by molar-refractivity contribution is -0.138.